The second-order valence-electron chi connectivity index (χ2n) is 3.78. The van der Waals surface area contributed by atoms with E-state index >= 15 is 0 Å². The van der Waals surface area contributed by atoms with Gasteiger partial charge >= 0.3 is 6.16 Å². The van der Waals surface area contributed by atoms with Crippen LogP contribution in [0.15, 0.2) is 36.7 Å². The van der Waals surface area contributed by atoms with Gasteiger partial charge < -0.3 is 9.84 Å². The summed E-state index contributed by atoms with van der Waals surface area (Å²) in [4.78, 5) is 30.3. The van der Waals surface area contributed by atoms with Gasteiger partial charge in [-0.05, 0) is 13.0 Å². The minimum atomic E-state index is -1.54. The number of carbonyl (C=O) groups excluding carboxylic acids is 1. The summed E-state index contributed by atoms with van der Waals surface area (Å²) in [5.74, 6) is -0.755. The maximum Gasteiger partial charge on any atom is 0.512 e. The molecule has 0 bridgehead atoms. The Hall–Kier alpha value is -2.76. The molecule has 2 aromatic rings. The molecule has 0 amide bonds. The number of carboxylic acid groups (broad SMARTS) is 1. The minimum absolute atomic E-state index is 0.129. The van der Waals surface area contributed by atoms with Crippen LogP contribution in [-0.4, -0.2) is 27.0 Å². The summed E-state index contributed by atoms with van der Waals surface area (Å²) < 4.78 is 4.44. The third-order valence-corrected chi connectivity index (χ3v) is 2.34. The second-order valence-corrected chi connectivity index (χ2v) is 3.78. The zero-order valence-electron chi connectivity index (χ0n) is 10.0. The van der Waals surface area contributed by atoms with E-state index in [1.165, 1.54) is 12.4 Å². The van der Waals surface area contributed by atoms with Gasteiger partial charge in [0.1, 0.15) is 0 Å². The smallest absolute Gasteiger partial charge is 0.449 e. The first-order valence-electron chi connectivity index (χ1n) is 5.41. The van der Waals surface area contributed by atoms with Gasteiger partial charge in [0, 0.05) is 18.0 Å². The van der Waals surface area contributed by atoms with Crippen LogP contribution in [0.4, 0.5) is 4.79 Å². The average Bonchev–Trinajstić information content (AvgIpc) is 2.38. The third-order valence-electron chi connectivity index (χ3n) is 2.34. The maximum atomic E-state index is 12.2. The molecule has 1 heterocycles. The van der Waals surface area contributed by atoms with Crippen molar-refractivity contribution in [1.29, 1.82) is 0 Å². The molecular formula is C13H10N2O4. The van der Waals surface area contributed by atoms with E-state index in [0.29, 0.717) is 5.56 Å². The highest BCUT2D eigenvalue weighted by atomic mass is 16.7. The number of aryl methyl sites for hydroxylation is 1. The number of benzene rings is 1. The van der Waals surface area contributed by atoms with Gasteiger partial charge in [0.05, 0.1) is 0 Å². The number of hydrogen-bond donors (Lipinski definition) is 1. The van der Waals surface area contributed by atoms with Crippen LogP contribution in [0, 0.1) is 6.92 Å². The predicted octanol–water partition coefficient (Wildman–Crippen LogP) is 2.07. The fourth-order valence-corrected chi connectivity index (χ4v) is 1.56. The van der Waals surface area contributed by atoms with Crippen LogP contribution in [0.2, 0.25) is 0 Å². The molecule has 1 aromatic carbocycles. The monoisotopic (exact) mass is 258 g/mol. The van der Waals surface area contributed by atoms with Crippen molar-refractivity contribution in [2.45, 2.75) is 6.92 Å². The van der Waals surface area contributed by atoms with Crippen molar-refractivity contribution in [2.24, 2.45) is 0 Å². The van der Waals surface area contributed by atoms with Crippen LogP contribution in [0.5, 0.6) is 5.88 Å². The van der Waals surface area contributed by atoms with Gasteiger partial charge in [0.15, 0.2) is 5.69 Å². The quantitative estimate of drug-likeness (QED) is 0.669. The number of hydrogen-bond acceptors (Lipinski definition) is 5. The Bertz CT molecular complexity index is 640. The average molecular weight is 258 g/mol. The van der Waals surface area contributed by atoms with Gasteiger partial charge in [-0.25, -0.2) is 14.8 Å². The number of ketones is 1. The maximum absolute atomic E-state index is 12.2. The van der Waals surface area contributed by atoms with Crippen molar-refractivity contribution in [1.82, 2.24) is 9.97 Å². The van der Waals surface area contributed by atoms with Gasteiger partial charge in [-0.15, -0.1) is 0 Å². The van der Waals surface area contributed by atoms with Gasteiger partial charge in [0.25, 0.3) is 5.88 Å². The van der Waals surface area contributed by atoms with Crippen LogP contribution in [0.1, 0.15) is 21.6 Å². The first-order chi connectivity index (χ1) is 9.08. The van der Waals surface area contributed by atoms with Crippen molar-refractivity contribution in [3.63, 3.8) is 0 Å². The normalized spacial score (nSPS) is 9.95. The highest BCUT2D eigenvalue weighted by Gasteiger charge is 2.19. The summed E-state index contributed by atoms with van der Waals surface area (Å²) in [6.07, 6.45) is 1.02. The summed E-state index contributed by atoms with van der Waals surface area (Å²) in [6, 6.07) is 6.88. The number of aromatic nitrogens is 2. The molecule has 0 unspecified atom stereocenters. The Labute approximate surface area is 108 Å². The summed E-state index contributed by atoms with van der Waals surface area (Å²) >= 11 is 0. The summed E-state index contributed by atoms with van der Waals surface area (Å²) in [7, 11) is 0. The lowest BCUT2D eigenvalue weighted by molar-refractivity contribution is 0.102. The standard InChI is InChI=1S/C13H10N2O4/c1-8-3-2-4-9(7-8)11(16)10-12(19-13(17)18)15-6-5-14-10/h2-7H,1H3,(H,17,18). The number of ether oxygens (including phenoxy) is 1. The van der Waals surface area contributed by atoms with E-state index in [1.54, 1.807) is 18.2 Å². The highest BCUT2D eigenvalue weighted by Crippen LogP contribution is 2.17. The fraction of sp³-hybridized carbons (Fsp3) is 0.0769. The first-order valence-corrected chi connectivity index (χ1v) is 5.41. The molecule has 0 saturated carbocycles. The van der Waals surface area contributed by atoms with Crippen molar-refractivity contribution in [3.8, 4) is 5.88 Å². The zero-order chi connectivity index (χ0) is 13.8. The molecule has 2 rings (SSSR count). The Kier molecular flexibility index (Phi) is 3.51. The van der Waals surface area contributed by atoms with E-state index in [2.05, 4.69) is 14.7 Å². The molecule has 0 aliphatic carbocycles. The predicted molar refractivity (Wildman–Crippen MR) is 65.3 cm³/mol. The van der Waals surface area contributed by atoms with Crippen molar-refractivity contribution in [2.75, 3.05) is 0 Å². The summed E-state index contributed by atoms with van der Waals surface area (Å²) in [5, 5.41) is 8.59. The molecule has 96 valence electrons. The molecule has 0 radical (unpaired) electrons. The highest BCUT2D eigenvalue weighted by molar-refractivity contribution is 6.09. The molecule has 1 aromatic heterocycles. The first kappa shape index (κ1) is 12.7. The van der Waals surface area contributed by atoms with Crippen LogP contribution in [-0.2, 0) is 0 Å². The SMILES string of the molecule is Cc1cccc(C(=O)c2nccnc2OC(=O)O)c1. The zero-order valence-corrected chi connectivity index (χ0v) is 10.0. The lowest BCUT2D eigenvalue weighted by Gasteiger charge is -2.05. The molecular weight excluding hydrogens is 248 g/mol. The van der Waals surface area contributed by atoms with E-state index in [0.717, 1.165) is 5.56 Å². The number of carbonyl (C=O) groups is 2. The van der Waals surface area contributed by atoms with Crippen molar-refractivity contribution in [3.05, 3.63) is 53.5 Å². The molecule has 6 heteroatoms. The Morgan fingerprint density at radius 3 is 2.63 bits per heavy atom. The molecule has 0 spiro atoms. The topological polar surface area (TPSA) is 89.4 Å². The molecule has 6 nitrogen and oxygen atoms in total. The number of nitrogens with zero attached hydrogens (tertiary/aromatic N) is 2. The Morgan fingerprint density at radius 2 is 1.95 bits per heavy atom. The molecule has 0 fully saturated rings. The lowest BCUT2D eigenvalue weighted by Crippen LogP contribution is -2.12. The lowest BCUT2D eigenvalue weighted by atomic mass is 10.1. The molecule has 0 aliphatic rings. The third kappa shape index (κ3) is 2.92. The van der Waals surface area contributed by atoms with E-state index in [1.807, 2.05) is 13.0 Å². The van der Waals surface area contributed by atoms with Crippen molar-refractivity contribution >= 4 is 11.9 Å². The minimum Gasteiger partial charge on any atom is -0.449 e. The summed E-state index contributed by atoms with van der Waals surface area (Å²) in [6.45, 7) is 1.85. The van der Waals surface area contributed by atoms with E-state index < -0.39 is 11.9 Å². The van der Waals surface area contributed by atoms with Gasteiger partial charge in [-0.3, -0.25) is 4.79 Å². The fourth-order valence-electron chi connectivity index (χ4n) is 1.56. The van der Waals surface area contributed by atoms with Crippen LogP contribution >= 0.6 is 0 Å². The Balaban J connectivity index is 2.41. The molecule has 0 atom stereocenters. The molecule has 0 saturated heterocycles. The van der Waals surface area contributed by atoms with Gasteiger partial charge in [0.2, 0.25) is 5.78 Å². The molecule has 1 N–H and O–H groups in total. The molecule has 19 heavy (non-hydrogen) atoms. The Morgan fingerprint density at radius 1 is 1.21 bits per heavy atom. The van der Waals surface area contributed by atoms with E-state index in [-0.39, 0.29) is 11.6 Å². The summed E-state index contributed by atoms with van der Waals surface area (Å²) in [5.41, 5.74) is 1.18. The van der Waals surface area contributed by atoms with E-state index in [4.69, 9.17) is 5.11 Å². The second kappa shape index (κ2) is 5.26. The van der Waals surface area contributed by atoms with E-state index in [9.17, 15) is 9.59 Å². The van der Waals surface area contributed by atoms with Gasteiger partial charge in [-0.2, -0.15) is 0 Å². The van der Waals surface area contributed by atoms with Crippen molar-refractivity contribution < 1.29 is 19.4 Å². The number of rotatable bonds is 3. The van der Waals surface area contributed by atoms with Crippen LogP contribution < -0.4 is 4.74 Å². The largest absolute Gasteiger partial charge is 0.512 e. The van der Waals surface area contributed by atoms with Gasteiger partial charge in [-0.1, -0.05) is 23.8 Å². The van der Waals surface area contributed by atoms with Crippen LogP contribution in [0.3, 0.4) is 0 Å². The van der Waals surface area contributed by atoms with Crippen LogP contribution in [0.25, 0.3) is 0 Å². The molecule has 0 aliphatic heterocycles.